The SMILES string of the molecule is CCCCCC(CC)OC(c1ccccc1)(c1ccccc1)c1ccccc1. The summed E-state index contributed by atoms with van der Waals surface area (Å²) in [4.78, 5) is 0. The molecule has 0 radical (unpaired) electrons. The molecular formula is C27H32O. The first-order valence-electron chi connectivity index (χ1n) is 10.7. The van der Waals surface area contributed by atoms with Crippen molar-refractivity contribution in [2.24, 2.45) is 0 Å². The molecule has 1 unspecified atom stereocenters. The first-order chi connectivity index (χ1) is 13.8. The van der Waals surface area contributed by atoms with Crippen LogP contribution in [-0.4, -0.2) is 6.10 Å². The van der Waals surface area contributed by atoms with Crippen LogP contribution in [0.2, 0.25) is 0 Å². The highest BCUT2D eigenvalue weighted by molar-refractivity contribution is 5.47. The third kappa shape index (κ3) is 4.54. The maximum atomic E-state index is 7.09. The lowest BCUT2D eigenvalue weighted by atomic mass is 9.79. The maximum Gasteiger partial charge on any atom is 0.144 e. The van der Waals surface area contributed by atoms with Gasteiger partial charge in [-0.3, -0.25) is 0 Å². The summed E-state index contributed by atoms with van der Waals surface area (Å²) in [6, 6.07) is 32.0. The number of hydrogen-bond donors (Lipinski definition) is 0. The molecule has 0 aliphatic carbocycles. The second kappa shape index (κ2) is 10.2. The topological polar surface area (TPSA) is 9.23 Å². The summed E-state index contributed by atoms with van der Waals surface area (Å²) in [6.45, 7) is 4.49. The van der Waals surface area contributed by atoms with E-state index in [1.54, 1.807) is 0 Å². The molecule has 0 bridgehead atoms. The van der Waals surface area contributed by atoms with E-state index in [1.165, 1.54) is 36.0 Å². The fourth-order valence-corrected chi connectivity index (χ4v) is 3.94. The molecule has 146 valence electrons. The van der Waals surface area contributed by atoms with Gasteiger partial charge in [-0.05, 0) is 29.5 Å². The van der Waals surface area contributed by atoms with Gasteiger partial charge in [0, 0.05) is 0 Å². The van der Waals surface area contributed by atoms with E-state index >= 15 is 0 Å². The number of unbranched alkanes of at least 4 members (excludes halogenated alkanes) is 2. The third-order valence-electron chi connectivity index (χ3n) is 5.47. The van der Waals surface area contributed by atoms with E-state index in [-0.39, 0.29) is 6.10 Å². The van der Waals surface area contributed by atoms with Crippen LogP contribution in [0.5, 0.6) is 0 Å². The Morgan fingerprint density at radius 2 is 1.07 bits per heavy atom. The van der Waals surface area contributed by atoms with Gasteiger partial charge in [-0.1, -0.05) is 124 Å². The fourth-order valence-electron chi connectivity index (χ4n) is 3.94. The van der Waals surface area contributed by atoms with Gasteiger partial charge in [-0.15, -0.1) is 0 Å². The van der Waals surface area contributed by atoms with E-state index in [9.17, 15) is 0 Å². The molecule has 1 atom stereocenters. The minimum absolute atomic E-state index is 0.215. The number of hydrogen-bond acceptors (Lipinski definition) is 1. The monoisotopic (exact) mass is 372 g/mol. The summed E-state index contributed by atoms with van der Waals surface area (Å²) < 4.78 is 7.09. The molecule has 0 spiro atoms. The molecule has 0 aliphatic rings. The van der Waals surface area contributed by atoms with E-state index in [0.29, 0.717) is 0 Å². The molecule has 0 N–H and O–H groups in total. The highest BCUT2D eigenvalue weighted by atomic mass is 16.5. The maximum absolute atomic E-state index is 7.09. The second-order valence-electron chi connectivity index (χ2n) is 7.42. The smallest absolute Gasteiger partial charge is 0.144 e. The molecule has 0 saturated carbocycles. The van der Waals surface area contributed by atoms with Crippen molar-refractivity contribution in [2.45, 2.75) is 57.7 Å². The van der Waals surface area contributed by atoms with Crippen molar-refractivity contribution in [3.05, 3.63) is 108 Å². The zero-order chi connectivity index (χ0) is 19.7. The lowest BCUT2D eigenvalue weighted by Gasteiger charge is -2.39. The largest absolute Gasteiger partial charge is 0.358 e. The number of ether oxygens (including phenoxy) is 1. The van der Waals surface area contributed by atoms with Crippen molar-refractivity contribution < 1.29 is 4.74 Å². The van der Waals surface area contributed by atoms with Crippen molar-refractivity contribution >= 4 is 0 Å². The Kier molecular flexibility index (Phi) is 7.45. The summed E-state index contributed by atoms with van der Waals surface area (Å²) >= 11 is 0. The molecule has 0 aliphatic heterocycles. The molecule has 0 aromatic heterocycles. The Morgan fingerprint density at radius 1 is 0.643 bits per heavy atom. The normalized spacial score (nSPS) is 12.6. The summed E-state index contributed by atoms with van der Waals surface area (Å²) in [5.41, 5.74) is 2.94. The first-order valence-corrected chi connectivity index (χ1v) is 10.7. The fraction of sp³-hybridized carbons (Fsp3) is 0.333. The van der Waals surface area contributed by atoms with Gasteiger partial charge in [-0.25, -0.2) is 0 Å². The van der Waals surface area contributed by atoms with Crippen LogP contribution in [0, 0.1) is 0 Å². The van der Waals surface area contributed by atoms with Gasteiger partial charge in [0.1, 0.15) is 5.60 Å². The van der Waals surface area contributed by atoms with E-state index in [4.69, 9.17) is 4.74 Å². The van der Waals surface area contributed by atoms with Crippen LogP contribution in [0.1, 0.15) is 62.6 Å². The zero-order valence-electron chi connectivity index (χ0n) is 17.2. The highest BCUT2D eigenvalue weighted by Crippen LogP contribution is 2.42. The first kappa shape index (κ1) is 20.4. The van der Waals surface area contributed by atoms with Crippen LogP contribution >= 0.6 is 0 Å². The quantitative estimate of drug-likeness (QED) is 0.267. The zero-order valence-corrected chi connectivity index (χ0v) is 17.2. The standard InChI is InChI=1S/C27H32O/c1-3-5-9-22-26(4-2)28-27(23-16-10-6-11-17-23,24-18-12-7-13-19-24)25-20-14-8-15-21-25/h6-8,10-21,26H,3-5,9,22H2,1-2H3. The molecule has 0 heterocycles. The second-order valence-corrected chi connectivity index (χ2v) is 7.42. The summed E-state index contributed by atoms with van der Waals surface area (Å²) in [5, 5.41) is 0. The van der Waals surface area contributed by atoms with Gasteiger partial charge in [0.2, 0.25) is 0 Å². The summed E-state index contributed by atoms with van der Waals surface area (Å²) in [6.07, 6.45) is 6.03. The Hall–Kier alpha value is -2.38. The van der Waals surface area contributed by atoms with Gasteiger partial charge in [0.25, 0.3) is 0 Å². The number of benzene rings is 3. The van der Waals surface area contributed by atoms with Gasteiger partial charge in [0.05, 0.1) is 6.10 Å². The predicted octanol–water partition coefficient (Wildman–Crippen LogP) is 7.35. The van der Waals surface area contributed by atoms with Crippen molar-refractivity contribution in [1.29, 1.82) is 0 Å². The molecule has 3 rings (SSSR count). The van der Waals surface area contributed by atoms with Crippen LogP contribution < -0.4 is 0 Å². The van der Waals surface area contributed by atoms with Crippen LogP contribution in [0.15, 0.2) is 91.0 Å². The molecule has 3 aromatic carbocycles. The van der Waals surface area contributed by atoms with Crippen molar-refractivity contribution in [3.8, 4) is 0 Å². The average Bonchev–Trinajstić information content (AvgIpc) is 2.78. The molecular weight excluding hydrogens is 340 g/mol. The molecule has 0 saturated heterocycles. The average molecular weight is 373 g/mol. The molecule has 0 fully saturated rings. The van der Waals surface area contributed by atoms with Crippen LogP contribution in [0.25, 0.3) is 0 Å². The van der Waals surface area contributed by atoms with Gasteiger partial charge in [0.15, 0.2) is 0 Å². The van der Waals surface area contributed by atoms with Gasteiger partial charge < -0.3 is 4.74 Å². The van der Waals surface area contributed by atoms with E-state index < -0.39 is 5.60 Å². The Morgan fingerprint density at radius 3 is 1.43 bits per heavy atom. The molecule has 0 amide bonds. The molecule has 1 nitrogen and oxygen atoms in total. The predicted molar refractivity (Wildman–Crippen MR) is 119 cm³/mol. The van der Waals surface area contributed by atoms with E-state index in [2.05, 4.69) is 105 Å². The number of rotatable bonds is 10. The van der Waals surface area contributed by atoms with Crippen molar-refractivity contribution in [2.75, 3.05) is 0 Å². The van der Waals surface area contributed by atoms with Crippen LogP contribution in [-0.2, 0) is 10.3 Å². The lowest BCUT2D eigenvalue weighted by molar-refractivity contribution is -0.0533. The van der Waals surface area contributed by atoms with E-state index in [1.807, 2.05) is 0 Å². The summed E-state index contributed by atoms with van der Waals surface area (Å²) in [7, 11) is 0. The third-order valence-corrected chi connectivity index (χ3v) is 5.47. The lowest BCUT2D eigenvalue weighted by Crippen LogP contribution is -2.36. The van der Waals surface area contributed by atoms with Crippen molar-refractivity contribution in [3.63, 3.8) is 0 Å². The minimum atomic E-state index is -0.601. The highest BCUT2D eigenvalue weighted by Gasteiger charge is 2.39. The minimum Gasteiger partial charge on any atom is -0.358 e. The van der Waals surface area contributed by atoms with Crippen LogP contribution in [0.4, 0.5) is 0 Å². The van der Waals surface area contributed by atoms with Gasteiger partial charge in [-0.2, -0.15) is 0 Å². The Bertz CT molecular complexity index is 699. The van der Waals surface area contributed by atoms with Crippen molar-refractivity contribution in [1.82, 2.24) is 0 Å². The van der Waals surface area contributed by atoms with Crippen LogP contribution in [0.3, 0.4) is 0 Å². The Labute approximate surface area is 170 Å². The molecule has 1 heteroatoms. The summed E-state index contributed by atoms with van der Waals surface area (Å²) in [5.74, 6) is 0. The van der Waals surface area contributed by atoms with E-state index in [0.717, 1.165) is 12.8 Å². The molecule has 28 heavy (non-hydrogen) atoms. The van der Waals surface area contributed by atoms with Gasteiger partial charge >= 0.3 is 0 Å². The Balaban J connectivity index is 2.13. The molecule has 3 aromatic rings.